The zero-order valence-corrected chi connectivity index (χ0v) is 25.8. The number of anilines is 1. The Balaban J connectivity index is 1.21. The summed E-state index contributed by atoms with van der Waals surface area (Å²) in [5, 5.41) is 9.47. The molecule has 2 aliphatic rings. The van der Waals surface area contributed by atoms with E-state index in [9.17, 15) is 4.79 Å². The first kappa shape index (κ1) is 29.3. The molecule has 2 aromatic heterocycles. The van der Waals surface area contributed by atoms with E-state index in [0.29, 0.717) is 18.1 Å². The van der Waals surface area contributed by atoms with E-state index in [2.05, 4.69) is 57.0 Å². The van der Waals surface area contributed by atoms with Crippen LogP contribution in [0, 0.1) is 13.8 Å². The molecule has 0 aliphatic carbocycles. The van der Waals surface area contributed by atoms with E-state index in [4.69, 9.17) is 21.9 Å². The van der Waals surface area contributed by atoms with Gasteiger partial charge >= 0.3 is 0 Å². The maximum absolute atomic E-state index is 13.3. The van der Waals surface area contributed by atoms with E-state index in [1.807, 2.05) is 54.7 Å². The van der Waals surface area contributed by atoms with E-state index in [0.717, 1.165) is 68.0 Å². The Hall–Kier alpha value is -3.79. The Kier molecular flexibility index (Phi) is 9.02. The highest BCUT2D eigenvalue weighted by Gasteiger charge is 2.41. The van der Waals surface area contributed by atoms with E-state index >= 15 is 0 Å². The smallest absolute Gasteiger partial charge is 0.226 e. The fourth-order valence-electron chi connectivity index (χ4n) is 6.50. The van der Waals surface area contributed by atoms with Crippen LogP contribution in [0.15, 0.2) is 72.9 Å². The average molecular weight is 597 g/mol. The molecule has 0 spiro atoms. The van der Waals surface area contributed by atoms with E-state index in [1.165, 1.54) is 17.0 Å². The van der Waals surface area contributed by atoms with Crippen LogP contribution in [0.5, 0.6) is 0 Å². The summed E-state index contributed by atoms with van der Waals surface area (Å²) in [7, 11) is 0. The van der Waals surface area contributed by atoms with Crippen molar-refractivity contribution in [2.24, 2.45) is 0 Å². The van der Waals surface area contributed by atoms with Gasteiger partial charge in [-0.1, -0.05) is 42.5 Å². The highest BCUT2D eigenvalue weighted by molar-refractivity contribution is 7.80. The Morgan fingerprint density at radius 2 is 1.81 bits per heavy atom. The number of nitrogens with one attached hydrogen (secondary N) is 2. The van der Waals surface area contributed by atoms with Gasteiger partial charge in [0.1, 0.15) is 0 Å². The number of nitrogens with zero attached hydrogens (tertiary/aromatic N) is 4. The lowest BCUT2D eigenvalue weighted by atomic mass is 9.96. The van der Waals surface area contributed by atoms with Crippen molar-refractivity contribution in [3.05, 3.63) is 95.6 Å². The predicted molar refractivity (Wildman–Crippen MR) is 175 cm³/mol. The molecule has 9 heteroatoms. The molecule has 0 unspecified atom stereocenters. The molecule has 0 saturated carbocycles. The zero-order valence-electron chi connectivity index (χ0n) is 25.0. The summed E-state index contributed by atoms with van der Waals surface area (Å²) < 4.78 is 7.94. The molecule has 2 atom stereocenters. The maximum Gasteiger partial charge on any atom is 0.226 e. The van der Waals surface area contributed by atoms with Crippen molar-refractivity contribution in [2.45, 2.75) is 45.3 Å². The molecule has 2 aromatic carbocycles. The lowest BCUT2D eigenvalue weighted by Gasteiger charge is -2.28. The molecule has 2 N–H and O–H groups in total. The molecular weight excluding hydrogens is 556 g/mol. The maximum atomic E-state index is 13.3. The van der Waals surface area contributed by atoms with Crippen LogP contribution >= 0.6 is 12.2 Å². The molecule has 2 aliphatic heterocycles. The number of aromatic nitrogens is 2. The second-order valence-corrected chi connectivity index (χ2v) is 11.8. The fourth-order valence-corrected chi connectivity index (χ4v) is 6.83. The highest BCUT2D eigenvalue weighted by Crippen LogP contribution is 2.41. The zero-order chi connectivity index (χ0) is 29.8. The van der Waals surface area contributed by atoms with Gasteiger partial charge in [0.15, 0.2) is 5.11 Å². The number of ether oxygens (including phenoxy) is 1. The Bertz CT molecular complexity index is 1580. The number of morpholine rings is 1. The fraction of sp³-hybridized carbons (Fsp3) is 0.382. The largest absolute Gasteiger partial charge is 0.379 e. The standard InChI is InChI=1S/C34H40N6O2S/c1-24-23-28(25(2)39(24)17-8-16-38-19-21-42-22-20-38)33-32(30-12-5-6-15-35-30)37-34(43)40(33)18-14-31(41)36-29-13-7-10-26-9-3-4-11-27(26)29/h3-7,9-13,15,23,32-33H,8,14,16-22H2,1-2H3,(H,36,41)(H,37,43)/t32-,33+/m0/s1. The number of carbonyl (C=O) groups excluding carboxylic acids is 1. The molecule has 8 nitrogen and oxygen atoms in total. The minimum Gasteiger partial charge on any atom is -0.379 e. The van der Waals surface area contributed by atoms with Crippen LogP contribution in [-0.4, -0.2) is 69.8 Å². The van der Waals surface area contributed by atoms with Gasteiger partial charge in [-0.15, -0.1) is 0 Å². The van der Waals surface area contributed by atoms with Gasteiger partial charge in [-0.2, -0.15) is 0 Å². The first-order chi connectivity index (χ1) is 21.0. The van der Waals surface area contributed by atoms with E-state index < -0.39 is 0 Å². The van der Waals surface area contributed by atoms with Crippen molar-refractivity contribution in [3.63, 3.8) is 0 Å². The molecule has 6 rings (SSSR count). The van der Waals surface area contributed by atoms with Crippen LogP contribution in [-0.2, 0) is 16.1 Å². The van der Waals surface area contributed by atoms with Gasteiger partial charge in [0, 0.05) is 67.8 Å². The molecular formula is C34H40N6O2S. The Labute approximate surface area is 259 Å². The number of rotatable bonds is 10. The molecule has 4 heterocycles. The van der Waals surface area contributed by atoms with Gasteiger partial charge in [-0.25, -0.2) is 0 Å². The third-order valence-corrected chi connectivity index (χ3v) is 9.08. The van der Waals surface area contributed by atoms with Crippen LogP contribution in [0.2, 0.25) is 0 Å². The Morgan fingerprint density at radius 3 is 2.63 bits per heavy atom. The van der Waals surface area contributed by atoms with Crippen molar-refractivity contribution >= 4 is 39.7 Å². The Morgan fingerprint density at radius 1 is 1.02 bits per heavy atom. The number of thiocarbonyl (C=S) groups is 1. The van der Waals surface area contributed by atoms with Gasteiger partial charge in [-0.05, 0) is 67.7 Å². The first-order valence-corrected chi connectivity index (χ1v) is 15.6. The summed E-state index contributed by atoms with van der Waals surface area (Å²) in [6.07, 6.45) is 3.22. The third-order valence-electron chi connectivity index (χ3n) is 8.73. The summed E-state index contributed by atoms with van der Waals surface area (Å²) >= 11 is 5.90. The highest BCUT2D eigenvalue weighted by atomic mass is 32.1. The average Bonchev–Trinajstić information content (AvgIpc) is 3.51. The number of hydrogen-bond acceptors (Lipinski definition) is 5. The lowest BCUT2D eigenvalue weighted by molar-refractivity contribution is -0.116. The number of benzene rings is 2. The van der Waals surface area contributed by atoms with Crippen LogP contribution in [0.3, 0.4) is 0 Å². The molecule has 43 heavy (non-hydrogen) atoms. The molecule has 0 bridgehead atoms. The number of pyridine rings is 1. The normalized spacial score (nSPS) is 19.1. The minimum absolute atomic E-state index is 0.0345. The van der Waals surface area contributed by atoms with Crippen LogP contribution < -0.4 is 10.6 Å². The first-order valence-electron chi connectivity index (χ1n) is 15.2. The van der Waals surface area contributed by atoms with Crippen LogP contribution in [0.25, 0.3) is 10.8 Å². The third kappa shape index (κ3) is 6.44. The topological polar surface area (TPSA) is 74.7 Å². The summed E-state index contributed by atoms with van der Waals surface area (Å²) in [4.78, 5) is 22.6. The second kappa shape index (κ2) is 13.2. The van der Waals surface area contributed by atoms with Gasteiger partial charge < -0.3 is 24.8 Å². The van der Waals surface area contributed by atoms with Gasteiger partial charge in [0.25, 0.3) is 0 Å². The summed E-state index contributed by atoms with van der Waals surface area (Å²) in [6, 6.07) is 22.2. The van der Waals surface area contributed by atoms with Crippen molar-refractivity contribution in [2.75, 3.05) is 44.7 Å². The molecule has 4 aromatic rings. The number of amides is 1. The number of carbonyl (C=O) groups is 1. The molecule has 224 valence electrons. The lowest BCUT2D eigenvalue weighted by Crippen LogP contribution is -2.37. The van der Waals surface area contributed by atoms with Crippen LogP contribution in [0.4, 0.5) is 5.69 Å². The van der Waals surface area contributed by atoms with Crippen molar-refractivity contribution in [1.82, 2.24) is 24.7 Å². The second-order valence-electron chi connectivity index (χ2n) is 11.4. The van der Waals surface area contributed by atoms with Gasteiger partial charge in [0.05, 0.1) is 31.0 Å². The SMILES string of the molecule is Cc1cc([C@@H]2[C@H](c3ccccn3)NC(=S)N2CCC(=O)Nc2cccc3ccccc23)c(C)n1CCCN1CCOCC1. The number of fused-ring (bicyclic) bond motifs is 1. The summed E-state index contributed by atoms with van der Waals surface area (Å²) in [5.74, 6) is -0.0345. The van der Waals surface area contributed by atoms with Crippen molar-refractivity contribution < 1.29 is 9.53 Å². The monoisotopic (exact) mass is 596 g/mol. The van der Waals surface area contributed by atoms with Crippen LogP contribution in [0.1, 0.15) is 47.6 Å². The summed E-state index contributed by atoms with van der Waals surface area (Å²) in [5.41, 5.74) is 5.47. The number of hydrogen-bond donors (Lipinski definition) is 2. The number of aryl methyl sites for hydroxylation is 1. The van der Waals surface area contributed by atoms with Crippen molar-refractivity contribution in [3.8, 4) is 0 Å². The van der Waals surface area contributed by atoms with Gasteiger partial charge in [-0.3, -0.25) is 14.7 Å². The molecule has 2 fully saturated rings. The minimum atomic E-state index is -0.114. The molecule has 1 amide bonds. The molecule has 0 radical (unpaired) electrons. The van der Waals surface area contributed by atoms with Crippen molar-refractivity contribution in [1.29, 1.82) is 0 Å². The predicted octanol–water partition coefficient (Wildman–Crippen LogP) is 5.38. The van der Waals surface area contributed by atoms with E-state index in [1.54, 1.807) is 0 Å². The molecule has 2 saturated heterocycles. The van der Waals surface area contributed by atoms with E-state index in [-0.39, 0.29) is 18.0 Å². The van der Waals surface area contributed by atoms with Gasteiger partial charge in [0.2, 0.25) is 5.91 Å². The summed E-state index contributed by atoms with van der Waals surface area (Å²) in [6.45, 7) is 10.6. The quantitative estimate of drug-likeness (QED) is 0.238.